The van der Waals surface area contributed by atoms with Crippen LogP contribution in [0.25, 0.3) is 0 Å². The first kappa shape index (κ1) is 13.3. The van der Waals surface area contributed by atoms with Crippen LogP contribution in [-0.2, 0) is 10.2 Å². The predicted octanol–water partition coefficient (Wildman–Crippen LogP) is 0.396. The van der Waals surface area contributed by atoms with E-state index >= 15 is 0 Å². The third-order valence-electron chi connectivity index (χ3n) is 1.78. The Bertz CT molecular complexity index is 513. The summed E-state index contributed by atoms with van der Waals surface area (Å²) in [7, 11) is -0.614. The highest BCUT2D eigenvalue weighted by atomic mass is 32.2. The Morgan fingerprint density at radius 3 is 2.41 bits per heavy atom. The highest BCUT2D eigenvalue weighted by Crippen LogP contribution is 2.15. The number of urea groups is 1. The van der Waals surface area contributed by atoms with Crippen LogP contribution in [0, 0.1) is 0 Å². The zero-order chi connectivity index (χ0) is 13.1. The van der Waals surface area contributed by atoms with Crippen LogP contribution in [0.5, 0.6) is 0 Å². The van der Waals surface area contributed by atoms with Crippen molar-refractivity contribution in [1.29, 1.82) is 0 Å². The molecule has 94 valence electrons. The van der Waals surface area contributed by atoms with Gasteiger partial charge in [0, 0.05) is 19.8 Å². The molecule has 0 atom stereocenters. The van der Waals surface area contributed by atoms with Crippen molar-refractivity contribution in [2.24, 2.45) is 5.14 Å². The van der Waals surface area contributed by atoms with E-state index < -0.39 is 10.2 Å². The molecule has 7 nitrogen and oxygen atoms in total. The van der Waals surface area contributed by atoms with E-state index in [0.29, 0.717) is 5.69 Å². The summed E-state index contributed by atoms with van der Waals surface area (Å²) in [6.07, 6.45) is 0. The minimum Gasteiger partial charge on any atom is -0.331 e. The van der Waals surface area contributed by atoms with E-state index in [1.54, 1.807) is 26.2 Å². The van der Waals surface area contributed by atoms with Crippen molar-refractivity contribution in [2.45, 2.75) is 0 Å². The second-order valence-corrected chi connectivity index (χ2v) is 4.85. The second-order valence-electron chi connectivity index (χ2n) is 3.55. The van der Waals surface area contributed by atoms with Crippen LogP contribution < -0.4 is 15.2 Å². The molecule has 0 aliphatic heterocycles. The topological polar surface area (TPSA) is 105 Å². The summed E-state index contributed by atoms with van der Waals surface area (Å²) in [6, 6.07) is 5.91. The van der Waals surface area contributed by atoms with Gasteiger partial charge >= 0.3 is 6.03 Å². The number of carbonyl (C=O) groups excluding carboxylic acids is 1. The molecule has 0 heterocycles. The molecule has 1 aromatic rings. The van der Waals surface area contributed by atoms with E-state index in [4.69, 9.17) is 5.14 Å². The van der Waals surface area contributed by atoms with Crippen molar-refractivity contribution in [3.63, 3.8) is 0 Å². The van der Waals surface area contributed by atoms with Gasteiger partial charge in [-0.2, -0.15) is 8.42 Å². The van der Waals surface area contributed by atoms with Gasteiger partial charge in [0.2, 0.25) is 0 Å². The lowest BCUT2D eigenvalue weighted by atomic mass is 10.3. The molecule has 8 heteroatoms. The van der Waals surface area contributed by atoms with E-state index in [9.17, 15) is 13.2 Å². The lowest BCUT2D eigenvalue weighted by Gasteiger charge is -2.12. The van der Waals surface area contributed by atoms with Gasteiger partial charge in [0.15, 0.2) is 0 Å². The van der Waals surface area contributed by atoms with Crippen LogP contribution in [0.2, 0.25) is 0 Å². The Labute approximate surface area is 99.8 Å². The van der Waals surface area contributed by atoms with Gasteiger partial charge in [-0.1, -0.05) is 6.07 Å². The monoisotopic (exact) mass is 258 g/mol. The largest absolute Gasteiger partial charge is 0.331 e. The summed E-state index contributed by atoms with van der Waals surface area (Å²) in [5.41, 5.74) is 0.751. The van der Waals surface area contributed by atoms with Crippen molar-refractivity contribution >= 4 is 27.6 Å². The highest BCUT2D eigenvalue weighted by Gasteiger charge is 2.06. The second kappa shape index (κ2) is 5.02. The fraction of sp³-hybridized carbons (Fsp3) is 0.222. The average Bonchev–Trinajstić information content (AvgIpc) is 2.15. The van der Waals surface area contributed by atoms with Gasteiger partial charge in [0.1, 0.15) is 0 Å². The van der Waals surface area contributed by atoms with E-state index in [1.807, 2.05) is 0 Å². The molecule has 0 radical (unpaired) electrons. The van der Waals surface area contributed by atoms with Crippen molar-refractivity contribution < 1.29 is 13.2 Å². The Balaban J connectivity index is 2.83. The molecule has 0 saturated heterocycles. The number of rotatable bonds is 3. The molecule has 0 bridgehead atoms. The van der Waals surface area contributed by atoms with Crippen LogP contribution >= 0.6 is 0 Å². The first-order chi connectivity index (χ1) is 7.78. The SMILES string of the molecule is CN(C)C(=O)Nc1cccc(NS(N)(=O)=O)c1. The Morgan fingerprint density at radius 2 is 1.88 bits per heavy atom. The van der Waals surface area contributed by atoms with Crippen LogP contribution in [0.4, 0.5) is 16.2 Å². The summed E-state index contributed by atoms with van der Waals surface area (Å²) in [6.45, 7) is 0. The molecule has 0 fully saturated rings. The molecule has 0 saturated carbocycles. The number of carbonyl (C=O) groups is 1. The van der Waals surface area contributed by atoms with Crippen molar-refractivity contribution in [2.75, 3.05) is 24.1 Å². The van der Waals surface area contributed by atoms with E-state index in [0.717, 1.165) is 0 Å². The van der Waals surface area contributed by atoms with E-state index in [1.165, 1.54) is 17.0 Å². The normalized spacial score (nSPS) is 10.8. The summed E-state index contributed by atoms with van der Waals surface area (Å²) >= 11 is 0. The quantitative estimate of drug-likeness (QED) is 0.730. The Kier molecular flexibility index (Phi) is 3.92. The third-order valence-corrected chi connectivity index (χ3v) is 2.30. The maximum Gasteiger partial charge on any atom is 0.321 e. The van der Waals surface area contributed by atoms with Crippen LogP contribution in [0.15, 0.2) is 24.3 Å². The molecule has 0 aliphatic carbocycles. The van der Waals surface area contributed by atoms with Gasteiger partial charge < -0.3 is 10.2 Å². The van der Waals surface area contributed by atoms with Gasteiger partial charge in [-0.15, -0.1) is 0 Å². The zero-order valence-corrected chi connectivity index (χ0v) is 10.3. The van der Waals surface area contributed by atoms with Crippen LogP contribution in [0.1, 0.15) is 0 Å². The fourth-order valence-electron chi connectivity index (χ4n) is 1.06. The van der Waals surface area contributed by atoms with Crippen LogP contribution in [0.3, 0.4) is 0 Å². The molecule has 0 unspecified atom stereocenters. The summed E-state index contributed by atoms with van der Waals surface area (Å²) in [5.74, 6) is 0. The highest BCUT2D eigenvalue weighted by molar-refractivity contribution is 7.90. The van der Waals surface area contributed by atoms with Crippen molar-refractivity contribution in [3.05, 3.63) is 24.3 Å². The Hall–Kier alpha value is -1.80. The molecule has 17 heavy (non-hydrogen) atoms. The zero-order valence-electron chi connectivity index (χ0n) is 9.47. The molecule has 2 amide bonds. The molecule has 0 spiro atoms. The lowest BCUT2D eigenvalue weighted by molar-refractivity contribution is 0.230. The van der Waals surface area contributed by atoms with Gasteiger partial charge in [-0.3, -0.25) is 4.72 Å². The van der Waals surface area contributed by atoms with Crippen molar-refractivity contribution in [3.8, 4) is 0 Å². The molecule has 0 aliphatic rings. The molecular formula is C9H14N4O3S. The summed E-state index contributed by atoms with van der Waals surface area (Å²) in [4.78, 5) is 12.7. The number of hydrogen-bond acceptors (Lipinski definition) is 3. The van der Waals surface area contributed by atoms with E-state index in [2.05, 4.69) is 10.0 Å². The number of amides is 2. The molecule has 4 N–H and O–H groups in total. The minimum absolute atomic E-state index is 0.282. The minimum atomic E-state index is -3.81. The Morgan fingerprint density at radius 1 is 1.29 bits per heavy atom. The molecular weight excluding hydrogens is 244 g/mol. The maximum atomic E-state index is 11.4. The number of nitrogens with one attached hydrogen (secondary N) is 2. The first-order valence-corrected chi connectivity index (χ1v) is 6.21. The lowest BCUT2D eigenvalue weighted by Crippen LogP contribution is -2.27. The van der Waals surface area contributed by atoms with E-state index in [-0.39, 0.29) is 11.7 Å². The first-order valence-electron chi connectivity index (χ1n) is 4.67. The van der Waals surface area contributed by atoms with Gasteiger partial charge in [0.05, 0.1) is 5.69 Å². The predicted molar refractivity (Wildman–Crippen MR) is 65.9 cm³/mol. The summed E-state index contributed by atoms with van der Waals surface area (Å²) in [5, 5.41) is 7.41. The van der Waals surface area contributed by atoms with Gasteiger partial charge in [-0.05, 0) is 18.2 Å². The van der Waals surface area contributed by atoms with Crippen LogP contribution in [-0.4, -0.2) is 33.4 Å². The summed E-state index contributed by atoms with van der Waals surface area (Å²) < 4.78 is 23.7. The maximum absolute atomic E-state index is 11.4. The van der Waals surface area contributed by atoms with Gasteiger partial charge in [0.25, 0.3) is 10.2 Å². The average molecular weight is 258 g/mol. The number of nitrogens with two attached hydrogens (primary N) is 1. The smallest absolute Gasteiger partial charge is 0.321 e. The van der Waals surface area contributed by atoms with Gasteiger partial charge in [-0.25, -0.2) is 9.93 Å². The number of hydrogen-bond donors (Lipinski definition) is 3. The fourth-order valence-corrected chi connectivity index (χ4v) is 1.52. The van der Waals surface area contributed by atoms with Crippen molar-refractivity contribution in [1.82, 2.24) is 4.90 Å². The third kappa shape index (κ3) is 4.70. The number of benzene rings is 1. The number of nitrogens with zero attached hydrogens (tertiary/aromatic N) is 1. The molecule has 1 aromatic carbocycles. The standard InChI is InChI=1S/C9H14N4O3S/c1-13(2)9(14)11-7-4-3-5-8(6-7)12-17(10,15)16/h3-6,12H,1-2H3,(H,11,14)(H2,10,15,16). The number of anilines is 2. The molecule has 1 rings (SSSR count). The molecule has 0 aromatic heterocycles.